The van der Waals surface area contributed by atoms with Crippen LogP contribution in [-0.4, -0.2) is 25.0 Å². The van der Waals surface area contributed by atoms with Crippen molar-refractivity contribution in [3.05, 3.63) is 58.6 Å². The van der Waals surface area contributed by atoms with Crippen LogP contribution >= 0.6 is 11.6 Å². The Morgan fingerprint density at radius 1 is 0.913 bits per heavy atom. The number of fused-ring (bicyclic) bond motifs is 1. The second-order valence-electron chi connectivity index (χ2n) is 4.75. The van der Waals surface area contributed by atoms with Crippen LogP contribution in [-0.2, 0) is 0 Å². The summed E-state index contributed by atoms with van der Waals surface area (Å²) < 4.78 is 10.8. The third-order valence-electron chi connectivity index (χ3n) is 3.21. The average molecular weight is 333 g/mol. The number of carbonyl (C=O) groups is 2. The van der Waals surface area contributed by atoms with Crippen LogP contribution in [0.2, 0.25) is 5.02 Å². The van der Waals surface area contributed by atoms with E-state index in [9.17, 15) is 9.59 Å². The highest BCUT2D eigenvalue weighted by Gasteiger charge is 2.16. The molecule has 2 aromatic carbocycles. The monoisotopic (exact) mass is 332 g/mol. The largest absolute Gasteiger partial charge is 0.486 e. The molecular formula is C16H13ClN2O4. The SMILES string of the molecule is O=C(NNC(=O)c1ccccc1Cl)c1ccc2c(c1)OCCO2. The lowest BCUT2D eigenvalue weighted by molar-refractivity contribution is 0.0846. The summed E-state index contributed by atoms with van der Waals surface area (Å²) in [6, 6.07) is 11.4. The minimum absolute atomic E-state index is 0.275. The fourth-order valence-electron chi connectivity index (χ4n) is 2.08. The van der Waals surface area contributed by atoms with Gasteiger partial charge >= 0.3 is 0 Å². The van der Waals surface area contributed by atoms with Crippen molar-refractivity contribution in [1.82, 2.24) is 10.9 Å². The zero-order chi connectivity index (χ0) is 16.2. The van der Waals surface area contributed by atoms with Crippen LogP contribution in [0, 0.1) is 0 Å². The Kier molecular flexibility index (Phi) is 4.34. The molecule has 0 spiro atoms. The first-order valence-electron chi connectivity index (χ1n) is 6.90. The van der Waals surface area contributed by atoms with E-state index >= 15 is 0 Å². The van der Waals surface area contributed by atoms with Crippen LogP contribution in [0.1, 0.15) is 20.7 Å². The lowest BCUT2D eigenvalue weighted by atomic mass is 10.2. The lowest BCUT2D eigenvalue weighted by Crippen LogP contribution is -2.41. The first-order valence-corrected chi connectivity index (χ1v) is 7.28. The molecule has 1 aliphatic rings. The van der Waals surface area contributed by atoms with E-state index in [-0.39, 0.29) is 5.56 Å². The van der Waals surface area contributed by atoms with Gasteiger partial charge in [-0.25, -0.2) is 0 Å². The molecule has 23 heavy (non-hydrogen) atoms. The zero-order valence-electron chi connectivity index (χ0n) is 12.0. The molecule has 0 saturated carbocycles. The van der Waals surface area contributed by atoms with Crippen LogP contribution in [0.5, 0.6) is 11.5 Å². The van der Waals surface area contributed by atoms with E-state index < -0.39 is 11.8 Å². The van der Waals surface area contributed by atoms with Gasteiger partial charge in [-0.3, -0.25) is 20.4 Å². The molecule has 0 fully saturated rings. The minimum atomic E-state index is -0.499. The molecule has 3 rings (SSSR count). The topological polar surface area (TPSA) is 76.7 Å². The maximum absolute atomic E-state index is 12.1. The van der Waals surface area contributed by atoms with Crippen molar-refractivity contribution in [2.24, 2.45) is 0 Å². The molecule has 1 aliphatic heterocycles. The van der Waals surface area contributed by atoms with Crippen LogP contribution in [0.15, 0.2) is 42.5 Å². The summed E-state index contributed by atoms with van der Waals surface area (Å²) in [6.07, 6.45) is 0. The van der Waals surface area contributed by atoms with Crippen LogP contribution in [0.25, 0.3) is 0 Å². The molecule has 0 radical (unpaired) electrons. The van der Waals surface area contributed by atoms with Gasteiger partial charge in [0.25, 0.3) is 11.8 Å². The summed E-state index contributed by atoms with van der Waals surface area (Å²) in [5.41, 5.74) is 5.28. The van der Waals surface area contributed by atoms with E-state index in [0.29, 0.717) is 35.3 Å². The standard InChI is InChI=1S/C16H13ClN2O4/c17-12-4-2-1-3-11(12)16(21)19-18-15(20)10-5-6-13-14(9-10)23-8-7-22-13/h1-6,9H,7-8H2,(H,18,20)(H,19,21). The Labute approximate surface area is 137 Å². The Balaban J connectivity index is 1.66. The van der Waals surface area contributed by atoms with Gasteiger partial charge in [-0.05, 0) is 30.3 Å². The van der Waals surface area contributed by atoms with Crippen molar-refractivity contribution in [2.75, 3.05) is 13.2 Å². The summed E-state index contributed by atoms with van der Waals surface area (Å²) in [7, 11) is 0. The van der Waals surface area contributed by atoms with Gasteiger partial charge < -0.3 is 9.47 Å². The predicted molar refractivity (Wildman–Crippen MR) is 83.8 cm³/mol. The van der Waals surface area contributed by atoms with Crippen molar-refractivity contribution >= 4 is 23.4 Å². The number of ether oxygens (including phenoxy) is 2. The average Bonchev–Trinajstić information content (AvgIpc) is 2.59. The molecule has 1 heterocycles. The number of hydrogen-bond donors (Lipinski definition) is 2. The molecule has 6 nitrogen and oxygen atoms in total. The van der Waals surface area contributed by atoms with Crippen molar-refractivity contribution in [2.45, 2.75) is 0 Å². The quantitative estimate of drug-likeness (QED) is 0.826. The molecule has 0 aromatic heterocycles. The molecule has 118 valence electrons. The van der Waals surface area contributed by atoms with E-state index in [0.717, 1.165) is 0 Å². The van der Waals surface area contributed by atoms with Gasteiger partial charge in [0.05, 0.1) is 10.6 Å². The first kappa shape index (κ1) is 15.2. The van der Waals surface area contributed by atoms with E-state index in [4.69, 9.17) is 21.1 Å². The van der Waals surface area contributed by atoms with E-state index in [2.05, 4.69) is 10.9 Å². The van der Waals surface area contributed by atoms with Crippen LogP contribution in [0.4, 0.5) is 0 Å². The molecule has 0 bridgehead atoms. The molecule has 2 N–H and O–H groups in total. The number of rotatable bonds is 2. The molecule has 0 unspecified atom stereocenters. The summed E-state index contributed by atoms with van der Waals surface area (Å²) >= 11 is 5.93. The lowest BCUT2D eigenvalue weighted by Gasteiger charge is -2.18. The Morgan fingerprint density at radius 3 is 2.39 bits per heavy atom. The fourth-order valence-corrected chi connectivity index (χ4v) is 2.30. The molecule has 7 heteroatoms. The van der Waals surface area contributed by atoms with Gasteiger partial charge in [0, 0.05) is 5.56 Å². The second-order valence-corrected chi connectivity index (χ2v) is 5.15. The van der Waals surface area contributed by atoms with Crippen LogP contribution < -0.4 is 20.3 Å². The molecule has 2 amide bonds. The summed E-state index contributed by atoms with van der Waals surface area (Å²) in [6.45, 7) is 0.910. The normalized spacial score (nSPS) is 12.4. The number of benzene rings is 2. The van der Waals surface area contributed by atoms with Gasteiger partial charge in [-0.1, -0.05) is 23.7 Å². The zero-order valence-corrected chi connectivity index (χ0v) is 12.7. The second kappa shape index (κ2) is 6.58. The molecule has 0 saturated heterocycles. The van der Waals surface area contributed by atoms with Gasteiger partial charge in [0.2, 0.25) is 0 Å². The van der Waals surface area contributed by atoms with Crippen molar-refractivity contribution in [1.29, 1.82) is 0 Å². The van der Waals surface area contributed by atoms with Gasteiger partial charge in [0.15, 0.2) is 11.5 Å². The summed E-state index contributed by atoms with van der Waals surface area (Å²) in [4.78, 5) is 24.1. The third-order valence-corrected chi connectivity index (χ3v) is 3.54. The molecular weight excluding hydrogens is 320 g/mol. The van der Waals surface area contributed by atoms with Crippen molar-refractivity contribution in [3.63, 3.8) is 0 Å². The molecule has 2 aromatic rings. The molecule has 0 aliphatic carbocycles. The number of hydrogen-bond acceptors (Lipinski definition) is 4. The van der Waals surface area contributed by atoms with Crippen LogP contribution in [0.3, 0.4) is 0 Å². The summed E-state index contributed by atoms with van der Waals surface area (Å²) in [5, 5.41) is 0.304. The highest BCUT2D eigenvalue weighted by Crippen LogP contribution is 2.30. The number of halogens is 1. The fraction of sp³-hybridized carbons (Fsp3) is 0.125. The number of nitrogens with one attached hydrogen (secondary N) is 2. The van der Waals surface area contributed by atoms with Crippen molar-refractivity contribution < 1.29 is 19.1 Å². The first-order chi connectivity index (χ1) is 11.1. The van der Waals surface area contributed by atoms with E-state index in [1.165, 1.54) is 0 Å². The van der Waals surface area contributed by atoms with E-state index in [1.807, 2.05) is 0 Å². The highest BCUT2D eigenvalue weighted by molar-refractivity contribution is 6.33. The predicted octanol–water partition coefficient (Wildman–Crippen LogP) is 2.19. The smallest absolute Gasteiger partial charge is 0.271 e. The number of amides is 2. The Bertz CT molecular complexity index is 763. The van der Waals surface area contributed by atoms with E-state index in [1.54, 1.807) is 42.5 Å². The maximum Gasteiger partial charge on any atom is 0.271 e. The third kappa shape index (κ3) is 3.37. The van der Waals surface area contributed by atoms with Gasteiger partial charge in [-0.15, -0.1) is 0 Å². The maximum atomic E-state index is 12.1. The Morgan fingerprint density at radius 2 is 1.61 bits per heavy atom. The Hall–Kier alpha value is -2.73. The summed E-state index contributed by atoms with van der Waals surface area (Å²) in [5.74, 6) is 0.123. The molecule has 0 atom stereocenters. The van der Waals surface area contributed by atoms with Gasteiger partial charge in [-0.2, -0.15) is 0 Å². The van der Waals surface area contributed by atoms with Crippen molar-refractivity contribution in [3.8, 4) is 11.5 Å². The minimum Gasteiger partial charge on any atom is -0.486 e. The number of hydrazine groups is 1. The highest BCUT2D eigenvalue weighted by atomic mass is 35.5. The number of carbonyl (C=O) groups excluding carboxylic acids is 2. The van der Waals surface area contributed by atoms with Gasteiger partial charge in [0.1, 0.15) is 13.2 Å².